The number of fused-ring (bicyclic) bond motifs is 1. The lowest BCUT2D eigenvalue weighted by Gasteiger charge is -2.13. The van der Waals surface area contributed by atoms with Crippen molar-refractivity contribution in [2.24, 2.45) is 0 Å². The van der Waals surface area contributed by atoms with Gasteiger partial charge in [0, 0.05) is 5.75 Å². The van der Waals surface area contributed by atoms with Crippen LogP contribution in [-0.2, 0) is 18.1 Å². The minimum atomic E-state index is -4.92. The van der Waals surface area contributed by atoms with Crippen LogP contribution in [0.5, 0.6) is 0 Å². The smallest absolute Gasteiger partial charge is 0.383 e. The number of halogens is 8. The third-order valence-corrected chi connectivity index (χ3v) is 6.08. The third kappa shape index (κ3) is 4.75. The molecular formula is C20H11Cl2F6N5S. The number of anilines is 1. The number of benzene rings is 2. The topological polar surface area (TPSA) is 69.6 Å². The number of hydrogen-bond donors (Lipinski definition) is 1. The molecule has 178 valence electrons. The number of thioether (sulfide) groups is 1. The maximum Gasteiger partial charge on any atom is 0.434 e. The molecule has 0 aliphatic rings. The van der Waals surface area contributed by atoms with Crippen molar-refractivity contribution >= 4 is 51.8 Å². The van der Waals surface area contributed by atoms with E-state index >= 15 is 0 Å². The zero-order chi connectivity index (χ0) is 24.8. The molecule has 2 aromatic carbocycles. The van der Waals surface area contributed by atoms with Crippen molar-refractivity contribution in [1.82, 2.24) is 19.7 Å². The molecule has 0 spiro atoms. The average molecular weight is 538 g/mol. The molecule has 0 saturated carbocycles. The fourth-order valence-corrected chi connectivity index (χ4v) is 4.53. The highest BCUT2D eigenvalue weighted by atomic mass is 35.5. The molecule has 0 radical (unpaired) electrons. The van der Waals surface area contributed by atoms with Crippen LogP contribution in [0.25, 0.3) is 16.7 Å². The van der Waals surface area contributed by atoms with Crippen molar-refractivity contribution in [3.8, 4) is 5.69 Å². The van der Waals surface area contributed by atoms with Gasteiger partial charge in [-0.25, -0.2) is 14.6 Å². The summed E-state index contributed by atoms with van der Waals surface area (Å²) in [7, 11) is 0. The number of nitrogens with zero attached hydrogens (tertiary/aromatic N) is 4. The van der Waals surface area contributed by atoms with E-state index < -0.39 is 50.5 Å². The van der Waals surface area contributed by atoms with Crippen LogP contribution in [-0.4, -0.2) is 19.7 Å². The summed E-state index contributed by atoms with van der Waals surface area (Å²) in [6.07, 6.45) is -9.66. The Balaban J connectivity index is 1.85. The molecule has 4 aromatic rings. The molecule has 0 bridgehead atoms. The molecule has 0 amide bonds. The maximum atomic E-state index is 13.8. The second-order valence-electron chi connectivity index (χ2n) is 6.91. The van der Waals surface area contributed by atoms with Crippen LogP contribution in [0.2, 0.25) is 10.0 Å². The van der Waals surface area contributed by atoms with Gasteiger partial charge < -0.3 is 5.73 Å². The Morgan fingerprint density at radius 2 is 1.53 bits per heavy atom. The van der Waals surface area contributed by atoms with Crippen molar-refractivity contribution in [2.45, 2.75) is 23.3 Å². The monoisotopic (exact) mass is 537 g/mol. The lowest BCUT2D eigenvalue weighted by molar-refractivity contribution is -0.140. The normalized spacial score (nSPS) is 12.5. The molecule has 0 fully saturated rings. The molecule has 0 aliphatic heterocycles. The Morgan fingerprint density at radius 3 is 2.09 bits per heavy atom. The van der Waals surface area contributed by atoms with E-state index in [-0.39, 0.29) is 16.6 Å². The molecule has 0 saturated heterocycles. The summed E-state index contributed by atoms with van der Waals surface area (Å²) in [5.41, 5.74) is 3.54. The highest BCUT2D eigenvalue weighted by Gasteiger charge is 2.39. The van der Waals surface area contributed by atoms with E-state index in [2.05, 4.69) is 15.1 Å². The summed E-state index contributed by atoms with van der Waals surface area (Å²) in [4.78, 5) is 7.69. The zero-order valence-corrected chi connectivity index (χ0v) is 18.9. The first kappa shape index (κ1) is 24.4. The second-order valence-corrected chi connectivity index (χ2v) is 8.67. The summed E-state index contributed by atoms with van der Waals surface area (Å²) >= 11 is 12.9. The summed E-state index contributed by atoms with van der Waals surface area (Å²) in [5, 5.41) is 2.10. The maximum absolute atomic E-state index is 13.8. The Labute approximate surface area is 201 Å². The number of nitrogen functional groups attached to an aromatic ring is 1. The van der Waals surface area contributed by atoms with Gasteiger partial charge in [-0.1, -0.05) is 65.3 Å². The van der Waals surface area contributed by atoms with Gasteiger partial charge in [-0.05, 0) is 17.7 Å². The molecule has 2 N–H and O–H groups in total. The van der Waals surface area contributed by atoms with Gasteiger partial charge in [0.1, 0.15) is 11.5 Å². The van der Waals surface area contributed by atoms with Crippen LogP contribution in [0.15, 0.2) is 47.6 Å². The van der Waals surface area contributed by atoms with Crippen molar-refractivity contribution in [3.05, 3.63) is 69.3 Å². The lowest BCUT2D eigenvalue weighted by Crippen LogP contribution is -2.11. The number of alkyl halides is 6. The first-order valence-electron chi connectivity index (χ1n) is 9.23. The number of rotatable bonds is 4. The molecule has 2 aromatic heterocycles. The van der Waals surface area contributed by atoms with Crippen LogP contribution in [0.3, 0.4) is 0 Å². The predicted molar refractivity (Wildman–Crippen MR) is 117 cm³/mol. The van der Waals surface area contributed by atoms with E-state index in [1.54, 1.807) is 30.3 Å². The van der Waals surface area contributed by atoms with Crippen LogP contribution >= 0.6 is 35.0 Å². The molecule has 0 atom stereocenters. The van der Waals surface area contributed by atoms with E-state index in [4.69, 9.17) is 28.9 Å². The van der Waals surface area contributed by atoms with Crippen molar-refractivity contribution < 1.29 is 26.3 Å². The SMILES string of the molecule is Nc1c2c(C(F)(F)F)nc(SCc3ccccc3)nc2nn1-c1c(Cl)cc(C(F)(F)F)cc1Cl. The van der Waals surface area contributed by atoms with Crippen LogP contribution in [0.4, 0.5) is 32.2 Å². The lowest BCUT2D eigenvalue weighted by atomic mass is 10.2. The molecule has 14 heteroatoms. The standard InChI is InChI=1S/C20H11Cl2F6N5S/c21-11-6-10(19(23,24)25)7-12(22)14(11)33-16(29)13-15(20(26,27)28)30-18(31-17(13)32-33)34-8-9-4-2-1-3-5-9/h1-7H,8,29H2. The summed E-state index contributed by atoms with van der Waals surface area (Å²) < 4.78 is 81.3. The van der Waals surface area contributed by atoms with Gasteiger partial charge in [0.2, 0.25) is 0 Å². The predicted octanol–water partition coefficient (Wildman–Crippen LogP) is 7.03. The van der Waals surface area contributed by atoms with Gasteiger partial charge in [0.15, 0.2) is 16.5 Å². The highest BCUT2D eigenvalue weighted by molar-refractivity contribution is 7.98. The van der Waals surface area contributed by atoms with Gasteiger partial charge >= 0.3 is 12.4 Å². The van der Waals surface area contributed by atoms with Crippen LogP contribution in [0.1, 0.15) is 16.8 Å². The van der Waals surface area contributed by atoms with Crippen molar-refractivity contribution in [2.75, 3.05) is 5.73 Å². The Hall–Kier alpha value is -2.70. The van der Waals surface area contributed by atoms with Gasteiger partial charge in [-0.3, -0.25) is 0 Å². The van der Waals surface area contributed by atoms with Gasteiger partial charge in [-0.15, -0.1) is 5.10 Å². The van der Waals surface area contributed by atoms with Gasteiger partial charge in [-0.2, -0.15) is 26.3 Å². The zero-order valence-electron chi connectivity index (χ0n) is 16.5. The first-order chi connectivity index (χ1) is 15.9. The largest absolute Gasteiger partial charge is 0.434 e. The number of aromatic nitrogens is 4. The van der Waals surface area contributed by atoms with E-state index in [0.29, 0.717) is 12.1 Å². The second kappa shape index (κ2) is 8.82. The number of hydrogen-bond acceptors (Lipinski definition) is 5. The quantitative estimate of drug-likeness (QED) is 0.172. The minimum Gasteiger partial charge on any atom is -0.383 e. The highest BCUT2D eigenvalue weighted by Crippen LogP contribution is 2.41. The molecule has 34 heavy (non-hydrogen) atoms. The minimum absolute atomic E-state index is 0.210. The van der Waals surface area contributed by atoms with Gasteiger partial charge in [0.25, 0.3) is 0 Å². The van der Waals surface area contributed by atoms with E-state index in [0.717, 1.165) is 22.0 Å². The van der Waals surface area contributed by atoms with Crippen molar-refractivity contribution in [1.29, 1.82) is 0 Å². The Morgan fingerprint density at radius 1 is 0.912 bits per heavy atom. The van der Waals surface area contributed by atoms with Crippen LogP contribution < -0.4 is 5.73 Å². The molecule has 0 aliphatic carbocycles. The Kier molecular flexibility index (Phi) is 6.34. The third-order valence-electron chi connectivity index (χ3n) is 4.58. The average Bonchev–Trinajstić information content (AvgIpc) is 3.06. The van der Waals surface area contributed by atoms with E-state index in [9.17, 15) is 26.3 Å². The van der Waals surface area contributed by atoms with Crippen LogP contribution in [0, 0.1) is 0 Å². The molecule has 0 unspecified atom stereocenters. The molecule has 4 rings (SSSR count). The van der Waals surface area contributed by atoms with E-state index in [1.165, 1.54) is 0 Å². The molecular weight excluding hydrogens is 527 g/mol. The fraction of sp³-hybridized carbons (Fsp3) is 0.150. The summed E-state index contributed by atoms with van der Waals surface area (Å²) in [6.45, 7) is 0. The van der Waals surface area contributed by atoms with Gasteiger partial charge in [0.05, 0.1) is 21.0 Å². The van der Waals surface area contributed by atoms with E-state index in [1.807, 2.05) is 0 Å². The first-order valence-corrected chi connectivity index (χ1v) is 11.0. The Bertz CT molecular complexity index is 1350. The number of nitrogens with two attached hydrogens (primary N) is 1. The summed E-state index contributed by atoms with van der Waals surface area (Å²) in [6, 6.07) is 10.1. The molecule has 5 nitrogen and oxygen atoms in total. The summed E-state index contributed by atoms with van der Waals surface area (Å²) in [5.74, 6) is -0.290. The van der Waals surface area contributed by atoms with Crippen molar-refractivity contribution in [3.63, 3.8) is 0 Å². The fourth-order valence-electron chi connectivity index (χ4n) is 3.09. The molecule has 2 heterocycles.